The lowest BCUT2D eigenvalue weighted by molar-refractivity contribution is -0.141. The molecule has 2 aromatic carbocycles. The molecule has 5 nitrogen and oxygen atoms in total. The second-order valence-electron chi connectivity index (χ2n) is 7.62. The SMILES string of the molecule is CCC(C(=O)NC(C)C)N(Cc1cccc(OC)c1)C(=O)Cc1ccc(C)cc1. The van der Waals surface area contributed by atoms with Crippen molar-refractivity contribution in [1.82, 2.24) is 10.2 Å². The van der Waals surface area contributed by atoms with E-state index in [1.54, 1.807) is 12.0 Å². The van der Waals surface area contributed by atoms with Gasteiger partial charge in [-0.2, -0.15) is 0 Å². The summed E-state index contributed by atoms with van der Waals surface area (Å²) in [6.07, 6.45) is 0.803. The molecule has 0 saturated carbocycles. The first-order chi connectivity index (χ1) is 13.8. The Morgan fingerprint density at radius 3 is 2.34 bits per heavy atom. The number of nitrogens with zero attached hydrogens (tertiary/aromatic N) is 1. The van der Waals surface area contributed by atoms with Crippen LogP contribution in [0, 0.1) is 6.92 Å². The fraction of sp³-hybridized carbons (Fsp3) is 0.417. The highest BCUT2D eigenvalue weighted by Crippen LogP contribution is 2.18. The Kier molecular flexibility index (Phi) is 8.25. The zero-order chi connectivity index (χ0) is 21.4. The van der Waals surface area contributed by atoms with E-state index in [9.17, 15) is 9.59 Å². The van der Waals surface area contributed by atoms with Gasteiger partial charge in [0.25, 0.3) is 0 Å². The van der Waals surface area contributed by atoms with Crippen molar-refractivity contribution in [3.8, 4) is 5.75 Å². The smallest absolute Gasteiger partial charge is 0.243 e. The minimum atomic E-state index is -0.526. The molecule has 29 heavy (non-hydrogen) atoms. The number of benzene rings is 2. The van der Waals surface area contributed by atoms with Gasteiger partial charge in [0.15, 0.2) is 0 Å². The predicted molar refractivity (Wildman–Crippen MR) is 116 cm³/mol. The number of rotatable bonds is 9. The summed E-state index contributed by atoms with van der Waals surface area (Å²) < 4.78 is 5.31. The van der Waals surface area contributed by atoms with Gasteiger partial charge in [0.1, 0.15) is 11.8 Å². The Morgan fingerprint density at radius 1 is 1.07 bits per heavy atom. The Balaban J connectivity index is 2.30. The van der Waals surface area contributed by atoms with Crippen LogP contribution >= 0.6 is 0 Å². The van der Waals surface area contributed by atoms with E-state index in [0.29, 0.717) is 13.0 Å². The summed E-state index contributed by atoms with van der Waals surface area (Å²) in [5.41, 5.74) is 3.02. The quantitative estimate of drug-likeness (QED) is 0.700. The summed E-state index contributed by atoms with van der Waals surface area (Å²) in [7, 11) is 1.62. The third-order valence-corrected chi connectivity index (χ3v) is 4.78. The number of ether oxygens (including phenoxy) is 1. The zero-order valence-corrected chi connectivity index (χ0v) is 18.1. The first-order valence-electron chi connectivity index (χ1n) is 10.1. The summed E-state index contributed by atoms with van der Waals surface area (Å²) in [4.78, 5) is 27.8. The molecular weight excluding hydrogens is 364 g/mol. The lowest BCUT2D eigenvalue weighted by Gasteiger charge is -2.31. The molecule has 0 saturated heterocycles. The van der Waals surface area contributed by atoms with Crippen LogP contribution in [0.1, 0.15) is 43.9 Å². The third-order valence-electron chi connectivity index (χ3n) is 4.78. The van der Waals surface area contributed by atoms with Gasteiger partial charge in [0.2, 0.25) is 11.8 Å². The normalized spacial score (nSPS) is 11.8. The van der Waals surface area contributed by atoms with E-state index < -0.39 is 6.04 Å². The van der Waals surface area contributed by atoms with Crippen molar-refractivity contribution in [1.29, 1.82) is 0 Å². The van der Waals surface area contributed by atoms with E-state index in [1.165, 1.54) is 0 Å². The van der Waals surface area contributed by atoms with Crippen LogP contribution < -0.4 is 10.1 Å². The molecule has 0 aliphatic rings. The van der Waals surface area contributed by atoms with Crippen molar-refractivity contribution in [3.05, 3.63) is 65.2 Å². The van der Waals surface area contributed by atoms with Crippen LogP contribution in [-0.2, 0) is 22.6 Å². The van der Waals surface area contributed by atoms with Crippen molar-refractivity contribution in [2.75, 3.05) is 7.11 Å². The molecule has 1 unspecified atom stereocenters. The Labute approximate surface area is 174 Å². The Hall–Kier alpha value is -2.82. The van der Waals surface area contributed by atoms with Gasteiger partial charge in [0.05, 0.1) is 13.5 Å². The average Bonchev–Trinajstić information content (AvgIpc) is 2.69. The Morgan fingerprint density at radius 2 is 1.76 bits per heavy atom. The van der Waals surface area contributed by atoms with Crippen LogP contribution in [0.3, 0.4) is 0 Å². The lowest BCUT2D eigenvalue weighted by Crippen LogP contribution is -2.50. The van der Waals surface area contributed by atoms with Crippen LogP contribution in [0.2, 0.25) is 0 Å². The maximum atomic E-state index is 13.3. The molecule has 156 valence electrons. The maximum Gasteiger partial charge on any atom is 0.243 e. The molecule has 5 heteroatoms. The van der Waals surface area contributed by atoms with Crippen molar-refractivity contribution < 1.29 is 14.3 Å². The minimum Gasteiger partial charge on any atom is -0.497 e. The first kappa shape index (κ1) is 22.5. The molecule has 1 atom stereocenters. The van der Waals surface area contributed by atoms with Crippen molar-refractivity contribution in [3.63, 3.8) is 0 Å². The molecule has 0 aliphatic carbocycles. The monoisotopic (exact) mass is 396 g/mol. The lowest BCUT2D eigenvalue weighted by atomic mass is 10.1. The van der Waals surface area contributed by atoms with Crippen molar-refractivity contribution in [2.24, 2.45) is 0 Å². The summed E-state index contributed by atoms with van der Waals surface area (Å²) in [5, 5.41) is 2.95. The fourth-order valence-electron chi connectivity index (χ4n) is 3.25. The van der Waals surface area contributed by atoms with Crippen LogP contribution in [0.15, 0.2) is 48.5 Å². The number of aryl methyl sites for hydroxylation is 1. The topological polar surface area (TPSA) is 58.6 Å². The standard InChI is InChI=1S/C24H32N2O3/c1-6-22(24(28)25-17(2)3)26(16-20-8-7-9-21(14-20)29-5)23(27)15-19-12-10-18(4)11-13-19/h7-14,17,22H,6,15-16H2,1-5H3,(H,25,28). The maximum absolute atomic E-state index is 13.3. The van der Waals surface area contributed by atoms with Gasteiger partial charge in [-0.25, -0.2) is 0 Å². The van der Waals surface area contributed by atoms with Gasteiger partial charge in [-0.15, -0.1) is 0 Å². The second kappa shape index (κ2) is 10.6. The summed E-state index contributed by atoms with van der Waals surface area (Å²) in [5.74, 6) is 0.540. The highest BCUT2D eigenvalue weighted by Gasteiger charge is 2.29. The molecule has 2 amide bonds. The average molecular weight is 397 g/mol. The molecule has 0 radical (unpaired) electrons. The predicted octanol–water partition coefficient (Wildman–Crippen LogP) is 3.88. The Bertz CT molecular complexity index is 815. The molecule has 1 N–H and O–H groups in total. The molecule has 0 fully saturated rings. The largest absolute Gasteiger partial charge is 0.497 e. The van der Waals surface area contributed by atoms with Crippen LogP contribution in [0.25, 0.3) is 0 Å². The summed E-state index contributed by atoms with van der Waals surface area (Å²) >= 11 is 0. The van der Waals surface area contributed by atoms with E-state index in [4.69, 9.17) is 4.74 Å². The molecule has 0 bridgehead atoms. The van der Waals surface area contributed by atoms with Gasteiger partial charge >= 0.3 is 0 Å². The van der Waals surface area contributed by atoms with Crippen LogP contribution in [0.5, 0.6) is 5.75 Å². The van der Waals surface area contributed by atoms with Gasteiger partial charge in [0, 0.05) is 12.6 Å². The molecule has 0 aromatic heterocycles. The van der Waals surface area contributed by atoms with E-state index in [1.807, 2.05) is 76.2 Å². The summed E-state index contributed by atoms with van der Waals surface area (Å²) in [6, 6.07) is 15.0. The van der Waals surface area contributed by atoms with E-state index in [-0.39, 0.29) is 24.3 Å². The van der Waals surface area contributed by atoms with Gasteiger partial charge in [-0.1, -0.05) is 48.9 Å². The van der Waals surface area contributed by atoms with Gasteiger partial charge in [-0.3, -0.25) is 9.59 Å². The zero-order valence-electron chi connectivity index (χ0n) is 18.1. The second-order valence-corrected chi connectivity index (χ2v) is 7.62. The molecule has 0 spiro atoms. The number of carbonyl (C=O) groups excluding carboxylic acids is 2. The van der Waals surface area contributed by atoms with E-state index >= 15 is 0 Å². The fourth-order valence-corrected chi connectivity index (χ4v) is 3.25. The molecule has 0 heterocycles. The number of carbonyl (C=O) groups is 2. The number of methoxy groups -OCH3 is 1. The first-order valence-corrected chi connectivity index (χ1v) is 10.1. The molecule has 2 rings (SSSR count). The number of hydrogen-bond donors (Lipinski definition) is 1. The molecule has 2 aromatic rings. The van der Waals surface area contributed by atoms with Crippen LogP contribution in [0.4, 0.5) is 0 Å². The minimum absolute atomic E-state index is 0.0161. The van der Waals surface area contributed by atoms with Gasteiger partial charge < -0.3 is 15.0 Å². The van der Waals surface area contributed by atoms with Crippen molar-refractivity contribution >= 4 is 11.8 Å². The van der Waals surface area contributed by atoms with Crippen molar-refractivity contribution in [2.45, 2.75) is 59.2 Å². The highest BCUT2D eigenvalue weighted by atomic mass is 16.5. The third kappa shape index (κ3) is 6.63. The highest BCUT2D eigenvalue weighted by molar-refractivity contribution is 5.88. The summed E-state index contributed by atoms with van der Waals surface area (Å²) in [6.45, 7) is 8.15. The van der Waals surface area contributed by atoms with Gasteiger partial charge in [-0.05, 0) is 50.5 Å². The van der Waals surface area contributed by atoms with E-state index in [2.05, 4.69) is 5.32 Å². The number of nitrogens with one attached hydrogen (secondary N) is 1. The molecular formula is C24H32N2O3. The van der Waals surface area contributed by atoms with Crippen LogP contribution in [-0.4, -0.2) is 35.9 Å². The number of amides is 2. The molecule has 0 aliphatic heterocycles. The van der Waals surface area contributed by atoms with E-state index in [0.717, 1.165) is 22.4 Å². The number of hydrogen-bond acceptors (Lipinski definition) is 3.